The molecule has 0 heterocycles. The van der Waals surface area contributed by atoms with Crippen LogP contribution >= 0.6 is 0 Å². The Hall–Kier alpha value is -1.10. The van der Waals surface area contributed by atoms with Gasteiger partial charge in [-0.1, -0.05) is 19.1 Å². The zero-order valence-electron chi connectivity index (χ0n) is 13.0. The third-order valence-electron chi connectivity index (χ3n) is 3.23. The summed E-state index contributed by atoms with van der Waals surface area (Å²) in [6.45, 7) is 7.56. The highest BCUT2D eigenvalue weighted by molar-refractivity contribution is 5.28. The highest BCUT2D eigenvalue weighted by atomic mass is 16.5. The Labute approximate surface area is 122 Å². The average molecular weight is 281 g/mol. The van der Waals surface area contributed by atoms with Crippen LogP contribution in [0.5, 0.6) is 5.75 Å². The fourth-order valence-corrected chi connectivity index (χ4v) is 1.72. The van der Waals surface area contributed by atoms with E-state index in [1.54, 1.807) is 7.11 Å². The van der Waals surface area contributed by atoms with Gasteiger partial charge in [-0.25, -0.2) is 0 Å². The Morgan fingerprint density at radius 3 is 2.75 bits per heavy atom. The van der Waals surface area contributed by atoms with E-state index in [1.165, 1.54) is 5.56 Å². The van der Waals surface area contributed by atoms with E-state index in [9.17, 15) is 5.11 Å². The maximum atomic E-state index is 9.88. The molecule has 1 aromatic rings. The molecule has 0 bridgehead atoms. The highest BCUT2D eigenvalue weighted by Crippen LogP contribution is 2.13. The zero-order chi connectivity index (χ0) is 15.0. The summed E-state index contributed by atoms with van der Waals surface area (Å²) >= 11 is 0. The van der Waals surface area contributed by atoms with E-state index >= 15 is 0 Å². The van der Waals surface area contributed by atoms with E-state index in [4.69, 9.17) is 9.47 Å². The molecular formula is C16H27NO3. The van der Waals surface area contributed by atoms with Crippen LogP contribution in [0.1, 0.15) is 26.3 Å². The normalized spacial score (nSPS) is 13.2. The molecule has 0 spiro atoms. The van der Waals surface area contributed by atoms with Gasteiger partial charge in [0.05, 0.1) is 5.60 Å². The predicted octanol–water partition coefficient (Wildman–Crippen LogP) is 2.00. The van der Waals surface area contributed by atoms with Gasteiger partial charge in [0.15, 0.2) is 0 Å². The molecule has 0 saturated heterocycles. The molecule has 0 radical (unpaired) electrons. The second-order valence-corrected chi connectivity index (χ2v) is 5.56. The summed E-state index contributed by atoms with van der Waals surface area (Å²) in [5.74, 6) is 0.806. The van der Waals surface area contributed by atoms with Crippen molar-refractivity contribution in [1.29, 1.82) is 0 Å². The summed E-state index contributed by atoms with van der Waals surface area (Å²) in [6, 6.07) is 7.96. The minimum absolute atomic E-state index is 0.226. The molecule has 0 fully saturated rings. The van der Waals surface area contributed by atoms with Crippen molar-refractivity contribution in [3.63, 3.8) is 0 Å². The molecule has 1 aromatic carbocycles. The van der Waals surface area contributed by atoms with Crippen molar-refractivity contribution in [2.24, 2.45) is 0 Å². The predicted molar refractivity (Wildman–Crippen MR) is 81.3 cm³/mol. The van der Waals surface area contributed by atoms with E-state index < -0.39 is 6.10 Å². The van der Waals surface area contributed by atoms with Crippen LogP contribution in [0.3, 0.4) is 0 Å². The molecule has 1 rings (SSSR count). The molecule has 0 aliphatic heterocycles. The number of rotatable bonds is 9. The van der Waals surface area contributed by atoms with Crippen LogP contribution in [0.25, 0.3) is 0 Å². The smallest absolute Gasteiger partial charge is 0.119 e. The minimum Gasteiger partial charge on any atom is -0.491 e. The van der Waals surface area contributed by atoms with Gasteiger partial charge in [0, 0.05) is 20.2 Å². The van der Waals surface area contributed by atoms with Gasteiger partial charge in [-0.2, -0.15) is 0 Å². The van der Waals surface area contributed by atoms with Gasteiger partial charge in [0.2, 0.25) is 0 Å². The fourth-order valence-electron chi connectivity index (χ4n) is 1.72. The number of benzene rings is 1. The first-order valence-electron chi connectivity index (χ1n) is 7.12. The van der Waals surface area contributed by atoms with Gasteiger partial charge in [0.1, 0.15) is 18.5 Å². The molecule has 0 amide bonds. The van der Waals surface area contributed by atoms with Crippen LogP contribution < -0.4 is 10.1 Å². The number of ether oxygens (including phenoxy) is 2. The van der Waals surface area contributed by atoms with Crippen molar-refractivity contribution >= 4 is 0 Å². The lowest BCUT2D eigenvalue weighted by Gasteiger charge is -2.24. The van der Waals surface area contributed by atoms with E-state index in [1.807, 2.05) is 32.0 Å². The molecular weight excluding hydrogens is 254 g/mol. The van der Waals surface area contributed by atoms with E-state index in [2.05, 4.69) is 18.3 Å². The second kappa shape index (κ2) is 8.25. The molecule has 0 aliphatic carbocycles. The lowest BCUT2D eigenvalue weighted by atomic mass is 10.1. The molecule has 0 aliphatic rings. The summed E-state index contributed by atoms with van der Waals surface area (Å²) in [5.41, 5.74) is 1.01. The number of aliphatic hydroxyl groups excluding tert-OH is 1. The average Bonchev–Trinajstić information content (AvgIpc) is 2.45. The molecule has 0 aromatic heterocycles. The first-order valence-corrected chi connectivity index (χ1v) is 7.12. The molecule has 2 N–H and O–H groups in total. The van der Waals surface area contributed by atoms with Crippen LogP contribution in [0, 0.1) is 0 Å². The maximum Gasteiger partial charge on any atom is 0.119 e. The van der Waals surface area contributed by atoms with Crippen LogP contribution in [0.2, 0.25) is 0 Å². The Morgan fingerprint density at radius 1 is 1.35 bits per heavy atom. The number of hydrogen-bond acceptors (Lipinski definition) is 4. The molecule has 20 heavy (non-hydrogen) atoms. The monoisotopic (exact) mass is 281 g/mol. The molecule has 1 atom stereocenters. The third kappa shape index (κ3) is 6.37. The summed E-state index contributed by atoms with van der Waals surface area (Å²) in [5, 5.41) is 13.1. The Kier molecular flexibility index (Phi) is 6.99. The number of nitrogens with one attached hydrogen (secondary N) is 1. The molecule has 114 valence electrons. The van der Waals surface area contributed by atoms with Gasteiger partial charge in [-0.3, -0.25) is 0 Å². The van der Waals surface area contributed by atoms with Gasteiger partial charge in [0.25, 0.3) is 0 Å². The summed E-state index contributed by atoms with van der Waals surface area (Å²) in [7, 11) is 1.68. The SMILES string of the molecule is CCc1cccc(OCC(O)CNCC(C)(C)OC)c1. The quantitative estimate of drug-likeness (QED) is 0.727. The van der Waals surface area contributed by atoms with Gasteiger partial charge < -0.3 is 19.9 Å². The summed E-state index contributed by atoms with van der Waals surface area (Å²) < 4.78 is 10.9. The van der Waals surface area contributed by atoms with Crippen molar-refractivity contribution in [3.8, 4) is 5.75 Å². The standard InChI is InChI=1S/C16H27NO3/c1-5-13-7-6-8-15(9-13)20-11-14(18)10-17-12-16(2,3)19-4/h6-9,14,17-18H,5,10-12H2,1-4H3. The lowest BCUT2D eigenvalue weighted by Crippen LogP contribution is -2.41. The van der Waals surface area contributed by atoms with Crippen molar-refractivity contribution in [3.05, 3.63) is 29.8 Å². The largest absolute Gasteiger partial charge is 0.491 e. The van der Waals surface area contributed by atoms with Crippen LogP contribution in [0.15, 0.2) is 24.3 Å². The van der Waals surface area contributed by atoms with Crippen LogP contribution in [-0.4, -0.2) is 43.6 Å². The van der Waals surface area contributed by atoms with Crippen molar-refractivity contribution in [1.82, 2.24) is 5.32 Å². The van der Waals surface area contributed by atoms with E-state index in [0.29, 0.717) is 13.1 Å². The Bertz CT molecular complexity index is 393. The highest BCUT2D eigenvalue weighted by Gasteiger charge is 2.16. The molecule has 0 saturated carbocycles. The maximum absolute atomic E-state index is 9.88. The van der Waals surface area contributed by atoms with Crippen molar-refractivity contribution in [2.75, 3.05) is 26.8 Å². The number of aliphatic hydroxyl groups is 1. The molecule has 4 nitrogen and oxygen atoms in total. The third-order valence-corrected chi connectivity index (χ3v) is 3.23. The second-order valence-electron chi connectivity index (χ2n) is 5.56. The first kappa shape index (κ1) is 17.0. The van der Waals surface area contributed by atoms with Crippen molar-refractivity contribution in [2.45, 2.75) is 38.9 Å². The van der Waals surface area contributed by atoms with Crippen LogP contribution in [0.4, 0.5) is 0 Å². The lowest BCUT2D eigenvalue weighted by molar-refractivity contribution is 0.0191. The van der Waals surface area contributed by atoms with Crippen molar-refractivity contribution < 1.29 is 14.6 Å². The van der Waals surface area contributed by atoms with Crippen LogP contribution in [-0.2, 0) is 11.2 Å². The topological polar surface area (TPSA) is 50.7 Å². The first-order chi connectivity index (χ1) is 9.46. The van der Waals surface area contributed by atoms with E-state index in [-0.39, 0.29) is 12.2 Å². The minimum atomic E-state index is -0.534. The van der Waals surface area contributed by atoms with E-state index in [0.717, 1.165) is 12.2 Å². The number of aryl methyl sites for hydroxylation is 1. The molecule has 1 unspecified atom stereocenters. The van der Waals surface area contributed by atoms with Gasteiger partial charge >= 0.3 is 0 Å². The Balaban J connectivity index is 2.27. The summed E-state index contributed by atoms with van der Waals surface area (Å²) in [4.78, 5) is 0. The van der Waals surface area contributed by atoms with Gasteiger partial charge in [-0.05, 0) is 38.0 Å². The van der Waals surface area contributed by atoms with Gasteiger partial charge in [-0.15, -0.1) is 0 Å². The molecule has 4 heteroatoms. The zero-order valence-corrected chi connectivity index (χ0v) is 13.0. The summed E-state index contributed by atoms with van der Waals surface area (Å²) in [6.07, 6.45) is 0.445. The number of methoxy groups -OCH3 is 1. The number of hydrogen-bond donors (Lipinski definition) is 2. The fraction of sp³-hybridized carbons (Fsp3) is 0.625. The Morgan fingerprint density at radius 2 is 2.10 bits per heavy atom.